The van der Waals surface area contributed by atoms with Crippen LogP contribution in [0.3, 0.4) is 0 Å². The first-order chi connectivity index (χ1) is 9.24. The van der Waals surface area contributed by atoms with E-state index >= 15 is 0 Å². The molecule has 2 aliphatic rings. The summed E-state index contributed by atoms with van der Waals surface area (Å²) in [5.74, 6) is 2.43. The van der Waals surface area contributed by atoms with E-state index in [2.05, 4.69) is 33.9 Å². The molecule has 4 heteroatoms. The molecule has 2 heterocycles. The van der Waals surface area contributed by atoms with Gasteiger partial charge in [-0.1, -0.05) is 39.5 Å². The molecule has 1 N–H and O–H groups in total. The molecule has 0 aromatic carbocycles. The van der Waals surface area contributed by atoms with Crippen molar-refractivity contribution in [1.82, 2.24) is 20.1 Å². The second-order valence-corrected chi connectivity index (χ2v) is 6.45. The average molecular weight is 262 g/mol. The van der Waals surface area contributed by atoms with Gasteiger partial charge in [0.15, 0.2) is 0 Å². The summed E-state index contributed by atoms with van der Waals surface area (Å²) in [6.07, 6.45) is 8.97. The van der Waals surface area contributed by atoms with Crippen LogP contribution in [-0.4, -0.2) is 21.3 Å². The van der Waals surface area contributed by atoms with Crippen molar-refractivity contribution in [1.29, 1.82) is 0 Å². The Morgan fingerprint density at radius 1 is 1.26 bits per heavy atom. The SMILES string of the molecule is CCCC1NCCn2c1nnc2C1(C)CCCCC1. The van der Waals surface area contributed by atoms with Crippen molar-refractivity contribution in [2.75, 3.05) is 6.54 Å². The van der Waals surface area contributed by atoms with Crippen LogP contribution in [0.4, 0.5) is 0 Å². The molecule has 1 aliphatic heterocycles. The molecule has 0 radical (unpaired) electrons. The summed E-state index contributed by atoms with van der Waals surface area (Å²) >= 11 is 0. The van der Waals surface area contributed by atoms with Gasteiger partial charge in [0, 0.05) is 18.5 Å². The van der Waals surface area contributed by atoms with Crippen molar-refractivity contribution < 1.29 is 0 Å². The number of fused-ring (bicyclic) bond motifs is 1. The van der Waals surface area contributed by atoms with Gasteiger partial charge in [-0.25, -0.2) is 0 Å². The Labute approximate surface area is 116 Å². The Morgan fingerprint density at radius 2 is 2.05 bits per heavy atom. The first-order valence-electron chi connectivity index (χ1n) is 7.91. The summed E-state index contributed by atoms with van der Waals surface area (Å²) in [6.45, 7) is 6.72. The predicted molar refractivity (Wildman–Crippen MR) is 76.1 cm³/mol. The highest BCUT2D eigenvalue weighted by Crippen LogP contribution is 2.39. The molecule has 0 saturated heterocycles. The average Bonchev–Trinajstić information content (AvgIpc) is 2.85. The summed E-state index contributed by atoms with van der Waals surface area (Å²) in [4.78, 5) is 0. The van der Waals surface area contributed by atoms with Crippen molar-refractivity contribution in [2.45, 2.75) is 76.8 Å². The normalized spacial score (nSPS) is 26.1. The van der Waals surface area contributed by atoms with Gasteiger partial charge in [-0.2, -0.15) is 0 Å². The fourth-order valence-corrected chi connectivity index (χ4v) is 3.76. The third-order valence-electron chi connectivity index (χ3n) is 4.89. The molecular formula is C15H26N4. The zero-order chi connectivity index (χ0) is 13.3. The van der Waals surface area contributed by atoms with Gasteiger partial charge in [-0.3, -0.25) is 0 Å². The molecule has 106 valence electrons. The van der Waals surface area contributed by atoms with Crippen LogP contribution in [0.2, 0.25) is 0 Å². The summed E-state index contributed by atoms with van der Waals surface area (Å²) < 4.78 is 2.42. The zero-order valence-electron chi connectivity index (χ0n) is 12.3. The largest absolute Gasteiger partial charge is 0.312 e. The van der Waals surface area contributed by atoms with E-state index in [1.54, 1.807) is 0 Å². The lowest BCUT2D eigenvalue weighted by Gasteiger charge is -2.34. The molecule has 1 aromatic heterocycles. The van der Waals surface area contributed by atoms with Crippen LogP contribution in [0.5, 0.6) is 0 Å². The molecule has 1 aromatic rings. The fraction of sp³-hybridized carbons (Fsp3) is 0.867. The van der Waals surface area contributed by atoms with Gasteiger partial charge in [0.1, 0.15) is 11.6 Å². The molecule has 4 nitrogen and oxygen atoms in total. The minimum atomic E-state index is 0.262. The number of hydrogen-bond acceptors (Lipinski definition) is 3. The Balaban J connectivity index is 1.91. The number of rotatable bonds is 3. The number of nitrogens with one attached hydrogen (secondary N) is 1. The molecule has 3 rings (SSSR count). The van der Waals surface area contributed by atoms with Crippen LogP contribution < -0.4 is 5.32 Å². The Morgan fingerprint density at radius 3 is 2.79 bits per heavy atom. The maximum absolute atomic E-state index is 4.60. The summed E-state index contributed by atoms with van der Waals surface area (Å²) in [7, 11) is 0. The van der Waals surface area contributed by atoms with Crippen molar-refractivity contribution >= 4 is 0 Å². The van der Waals surface area contributed by atoms with E-state index in [9.17, 15) is 0 Å². The van der Waals surface area contributed by atoms with Gasteiger partial charge in [-0.15, -0.1) is 10.2 Å². The molecule has 1 fully saturated rings. The molecule has 1 atom stereocenters. The summed E-state index contributed by atoms with van der Waals surface area (Å²) in [5.41, 5.74) is 0.262. The second-order valence-electron chi connectivity index (χ2n) is 6.45. The van der Waals surface area contributed by atoms with Gasteiger partial charge in [0.2, 0.25) is 0 Å². The molecular weight excluding hydrogens is 236 g/mol. The van der Waals surface area contributed by atoms with E-state index in [4.69, 9.17) is 0 Å². The summed E-state index contributed by atoms with van der Waals surface area (Å²) in [6, 6.07) is 0.409. The standard InChI is InChI=1S/C15H26N4/c1-3-7-12-13-17-18-14(19(13)11-10-16-12)15(2)8-5-4-6-9-15/h12,16H,3-11H2,1-2H3. The van der Waals surface area contributed by atoms with Crippen LogP contribution >= 0.6 is 0 Å². The fourth-order valence-electron chi connectivity index (χ4n) is 3.76. The summed E-state index contributed by atoms with van der Waals surface area (Å²) in [5, 5.41) is 12.7. The van der Waals surface area contributed by atoms with E-state index < -0.39 is 0 Å². The quantitative estimate of drug-likeness (QED) is 0.910. The van der Waals surface area contributed by atoms with Gasteiger partial charge in [0.05, 0.1) is 6.04 Å². The molecule has 1 unspecified atom stereocenters. The van der Waals surface area contributed by atoms with Crippen LogP contribution in [0.1, 0.15) is 76.5 Å². The van der Waals surface area contributed by atoms with Crippen molar-refractivity contribution in [3.05, 3.63) is 11.6 Å². The van der Waals surface area contributed by atoms with E-state index in [1.807, 2.05) is 0 Å². The Kier molecular flexibility index (Phi) is 3.61. The third-order valence-corrected chi connectivity index (χ3v) is 4.89. The first-order valence-corrected chi connectivity index (χ1v) is 7.91. The monoisotopic (exact) mass is 262 g/mol. The molecule has 1 aliphatic carbocycles. The van der Waals surface area contributed by atoms with Crippen LogP contribution in [0, 0.1) is 0 Å². The van der Waals surface area contributed by atoms with Gasteiger partial charge < -0.3 is 9.88 Å². The van der Waals surface area contributed by atoms with Crippen LogP contribution in [0.25, 0.3) is 0 Å². The maximum Gasteiger partial charge on any atom is 0.150 e. The first kappa shape index (κ1) is 13.1. The Bertz CT molecular complexity index is 431. The van der Waals surface area contributed by atoms with Gasteiger partial charge in [-0.05, 0) is 19.3 Å². The molecule has 0 spiro atoms. The maximum atomic E-state index is 4.60. The lowest BCUT2D eigenvalue weighted by Crippen LogP contribution is -2.37. The second kappa shape index (κ2) is 5.23. The van der Waals surface area contributed by atoms with Crippen molar-refractivity contribution in [2.24, 2.45) is 0 Å². The lowest BCUT2D eigenvalue weighted by atomic mass is 9.75. The topological polar surface area (TPSA) is 42.7 Å². The number of nitrogens with zero attached hydrogens (tertiary/aromatic N) is 3. The highest BCUT2D eigenvalue weighted by molar-refractivity contribution is 5.14. The zero-order valence-corrected chi connectivity index (χ0v) is 12.3. The van der Waals surface area contributed by atoms with E-state index in [-0.39, 0.29) is 5.41 Å². The highest BCUT2D eigenvalue weighted by atomic mass is 15.3. The number of hydrogen-bond donors (Lipinski definition) is 1. The molecule has 19 heavy (non-hydrogen) atoms. The Hall–Kier alpha value is -0.900. The van der Waals surface area contributed by atoms with Crippen LogP contribution in [-0.2, 0) is 12.0 Å². The predicted octanol–water partition coefficient (Wildman–Crippen LogP) is 2.94. The van der Waals surface area contributed by atoms with Gasteiger partial charge >= 0.3 is 0 Å². The van der Waals surface area contributed by atoms with E-state index in [0.29, 0.717) is 6.04 Å². The van der Waals surface area contributed by atoms with Crippen molar-refractivity contribution in [3.8, 4) is 0 Å². The van der Waals surface area contributed by atoms with Gasteiger partial charge in [0.25, 0.3) is 0 Å². The molecule has 0 bridgehead atoms. The minimum absolute atomic E-state index is 0.262. The lowest BCUT2D eigenvalue weighted by molar-refractivity contribution is 0.284. The minimum Gasteiger partial charge on any atom is -0.312 e. The molecule has 0 amide bonds. The van der Waals surface area contributed by atoms with E-state index in [1.165, 1.54) is 50.2 Å². The van der Waals surface area contributed by atoms with Crippen LogP contribution in [0.15, 0.2) is 0 Å². The number of aromatic nitrogens is 3. The smallest absolute Gasteiger partial charge is 0.150 e. The van der Waals surface area contributed by atoms with Crippen molar-refractivity contribution in [3.63, 3.8) is 0 Å². The highest BCUT2D eigenvalue weighted by Gasteiger charge is 2.36. The third kappa shape index (κ3) is 2.31. The van der Waals surface area contributed by atoms with E-state index in [0.717, 1.165) is 19.5 Å². The molecule has 1 saturated carbocycles.